The van der Waals surface area contributed by atoms with E-state index >= 15 is 0 Å². The Kier molecular flexibility index (Phi) is 9.45. The van der Waals surface area contributed by atoms with Crippen LogP contribution in [0.2, 0.25) is 0 Å². The summed E-state index contributed by atoms with van der Waals surface area (Å²) >= 11 is 0. The highest BCUT2D eigenvalue weighted by Gasteiger charge is 2.17. The van der Waals surface area contributed by atoms with Crippen LogP contribution < -0.4 is 10.1 Å². The van der Waals surface area contributed by atoms with Crippen LogP contribution in [-0.2, 0) is 22.4 Å². The van der Waals surface area contributed by atoms with Crippen molar-refractivity contribution in [2.24, 2.45) is 0 Å². The Bertz CT molecular complexity index is 1080. The minimum atomic E-state index is -0.567. The summed E-state index contributed by atoms with van der Waals surface area (Å²) < 4.78 is 10.5. The summed E-state index contributed by atoms with van der Waals surface area (Å²) in [5.74, 6) is 0.490. The van der Waals surface area contributed by atoms with E-state index in [1.807, 2.05) is 45.0 Å². The van der Waals surface area contributed by atoms with Gasteiger partial charge in [0.25, 0.3) is 0 Å². The molecule has 2 aromatic rings. The van der Waals surface area contributed by atoms with Crippen molar-refractivity contribution in [3.05, 3.63) is 70.1 Å². The van der Waals surface area contributed by atoms with Crippen LogP contribution in [0.5, 0.6) is 5.75 Å². The number of methoxy groups -OCH3 is 1. The number of aryl methyl sites for hydroxylation is 1. The highest BCUT2D eigenvalue weighted by atomic mass is 16.6. The summed E-state index contributed by atoms with van der Waals surface area (Å²) in [6.07, 6.45) is 0.198. The molecule has 0 saturated carbocycles. The largest absolute Gasteiger partial charge is 0.508 e. The van der Waals surface area contributed by atoms with Gasteiger partial charge in [-0.15, -0.1) is 0 Å². The average Bonchev–Trinajstić information content (AvgIpc) is 2.79. The maximum absolute atomic E-state index is 12.7. The molecule has 0 aromatic heterocycles. The Morgan fingerprint density at radius 3 is 2.45 bits per heavy atom. The number of amides is 1. The van der Waals surface area contributed by atoms with Crippen LogP contribution in [0.3, 0.4) is 0 Å². The van der Waals surface area contributed by atoms with Crippen molar-refractivity contribution in [1.82, 2.24) is 5.32 Å². The zero-order chi connectivity index (χ0) is 24.4. The van der Waals surface area contributed by atoms with Gasteiger partial charge >= 0.3 is 6.09 Å². The molecule has 33 heavy (non-hydrogen) atoms. The predicted octanol–water partition coefficient (Wildman–Crippen LogP) is 5.39. The van der Waals surface area contributed by atoms with Crippen molar-refractivity contribution >= 4 is 17.6 Å². The Labute approximate surface area is 195 Å². The van der Waals surface area contributed by atoms with E-state index in [0.29, 0.717) is 17.9 Å². The van der Waals surface area contributed by atoms with Crippen LogP contribution in [0.1, 0.15) is 55.0 Å². The van der Waals surface area contributed by atoms with Crippen molar-refractivity contribution in [2.45, 2.75) is 58.6 Å². The van der Waals surface area contributed by atoms with Gasteiger partial charge in [0.15, 0.2) is 0 Å². The van der Waals surface area contributed by atoms with Gasteiger partial charge in [-0.2, -0.15) is 5.26 Å². The number of rotatable bonds is 10. The van der Waals surface area contributed by atoms with Crippen molar-refractivity contribution in [3.63, 3.8) is 0 Å². The van der Waals surface area contributed by atoms with E-state index in [-0.39, 0.29) is 31.1 Å². The molecule has 7 nitrogen and oxygen atoms in total. The normalized spacial score (nSPS) is 12.1. The zero-order valence-electron chi connectivity index (χ0n) is 19.5. The number of Topliss-reactive ketones (excluding diaryl/α,β-unsaturated/α-hetero) is 1. The van der Waals surface area contributed by atoms with Gasteiger partial charge in [0.05, 0.1) is 32.2 Å². The molecule has 0 fully saturated rings. The number of nitrogens with one attached hydrogen (secondary N) is 1. The number of nitriles is 1. The summed E-state index contributed by atoms with van der Waals surface area (Å²) in [6, 6.07) is 12.6. The third-order valence-electron chi connectivity index (χ3n) is 5.36. The minimum Gasteiger partial charge on any atom is -0.508 e. The number of ether oxygens (including phenoxy) is 2. The number of ketones is 1. The molecule has 0 spiro atoms. The van der Waals surface area contributed by atoms with Crippen LogP contribution >= 0.6 is 0 Å². The lowest BCUT2D eigenvalue weighted by atomic mass is 9.96. The molecule has 2 atom stereocenters. The first-order valence-electron chi connectivity index (χ1n) is 10.8. The van der Waals surface area contributed by atoms with Gasteiger partial charge in [-0.25, -0.2) is 9.64 Å². The molecular formula is C26H29N3O4. The summed E-state index contributed by atoms with van der Waals surface area (Å²) in [5, 5.41) is 11.6. The summed E-state index contributed by atoms with van der Waals surface area (Å²) in [5.41, 5.74) is 3.94. The van der Waals surface area contributed by atoms with Gasteiger partial charge in [0.1, 0.15) is 17.6 Å². The van der Waals surface area contributed by atoms with Crippen molar-refractivity contribution < 1.29 is 19.1 Å². The lowest BCUT2D eigenvalue weighted by molar-refractivity contribution is -0.117. The second-order valence-corrected chi connectivity index (χ2v) is 7.87. The molecule has 0 radical (unpaired) electrons. The second kappa shape index (κ2) is 12.3. The maximum atomic E-state index is 12.7. The Morgan fingerprint density at radius 1 is 1.18 bits per heavy atom. The Morgan fingerprint density at radius 2 is 1.85 bits per heavy atom. The SMILES string of the molecule is [C-]#[N+]c1ccc(CC(=O)Cc2ccc(C)c([C@H](C)NC(=O)O[C@H](CC)CC#N)c2)cc1OC. The van der Waals surface area contributed by atoms with E-state index in [4.69, 9.17) is 21.3 Å². The number of hydrogen-bond donors (Lipinski definition) is 1. The highest BCUT2D eigenvalue weighted by molar-refractivity contribution is 5.83. The first-order valence-corrected chi connectivity index (χ1v) is 10.8. The van der Waals surface area contributed by atoms with E-state index in [9.17, 15) is 9.59 Å². The van der Waals surface area contributed by atoms with E-state index in [1.54, 1.807) is 18.2 Å². The van der Waals surface area contributed by atoms with Crippen LogP contribution in [0.4, 0.5) is 10.5 Å². The van der Waals surface area contributed by atoms with Crippen molar-refractivity contribution in [1.29, 1.82) is 5.26 Å². The summed E-state index contributed by atoms with van der Waals surface area (Å²) in [4.78, 5) is 28.3. The molecule has 0 aliphatic heterocycles. The minimum absolute atomic E-state index is 0.0322. The van der Waals surface area contributed by atoms with Crippen LogP contribution in [0.25, 0.3) is 4.85 Å². The van der Waals surface area contributed by atoms with Gasteiger partial charge < -0.3 is 14.8 Å². The number of benzene rings is 2. The molecular weight excluding hydrogens is 418 g/mol. The highest BCUT2D eigenvalue weighted by Crippen LogP contribution is 2.28. The number of carbonyl (C=O) groups is 2. The van der Waals surface area contributed by atoms with Crippen molar-refractivity contribution in [3.8, 4) is 11.8 Å². The van der Waals surface area contributed by atoms with E-state index in [2.05, 4.69) is 10.2 Å². The van der Waals surface area contributed by atoms with E-state index in [0.717, 1.165) is 22.3 Å². The molecule has 172 valence electrons. The van der Waals surface area contributed by atoms with Crippen LogP contribution in [-0.4, -0.2) is 25.1 Å². The Hall–Kier alpha value is -3.84. The summed E-state index contributed by atoms with van der Waals surface area (Å²) in [7, 11) is 1.50. The molecule has 0 unspecified atom stereocenters. The predicted molar refractivity (Wildman–Crippen MR) is 125 cm³/mol. The molecule has 1 amide bonds. The number of alkyl carbamates (subject to hydrolysis) is 1. The fourth-order valence-corrected chi connectivity index (χ4v) is 3.52. The first kappa shape index (κ1) is 25.4. The monoisotopic (exact) mass is 447 g/mol. The lowest BCUT2D eigenvalue weighted by Gasteiger charge is -2.20. The molecule has 0 saturated heterocycles. The average molecular weight is 448 g/mol. The zero-order valence-corrected chi connectivity index (χ0v) is 19.5. The molecule has 0 bridgehead atoms. The molecule has 1 N–H and O–H groups in total. The standard InChI is InChI=1S/C26H29N3O4/c1-6-22(11-12-27)33-26(31)29-18(3)23-15-19(8-7-17(23)2)13-21(30)14-20-9-10-24(28-4)25(16-20)32-5/h7-10,15-16,18,22H,6,11,13-14H2,1-3,5H3,(H,29,31)/t18-,22+/m0/s1. The lowest BCUT2D eigenvalue weighted by Crippen LogP contribution is -2.31. The molecule has 0 heterocycles. The van der Waals surface area contributed by atoms with Crippen LogP contribution in [0, 0.1) is 24.8 Å². The van der Waals surface area contributed by atoms with Crippen molar-refractivity contribution in [2.75, 3.05) is 7.11 Å². The smallest absolute Gasteiger partial charge is 0.407 e. The molecule has 0 aliphatic carbocycles. The number of carbonyl (C=O) groups excluding carboxylic acids is 2. The molecule has 2 aromatic carbocycles. The van der Waals surface area contributed by atoms with Crippen LogP contribution in [0.15, 0.2) is 36.4 Å². The number of nitrogens with zero attached hydrogens (tertiary/aromatic N) is 2. The molecule has 2 rings (SSSR count). The quantitative estimate of drug-likeness (QED) is 0.493. The third-order valence-corrected chi connectivity index (χ3v) is 5.36. The topological polar surface area (TPSA) is 92.8 Å². The van der Waals surface area contributed by atoms with E-state index < -0.39 is 12.2 Å². The molecule has 7 heteroatoms. The third kappa shape index (κ3) is 7.36. The fourth-order valence-electron chi connectivity index (χ4n) is 3.52. The number of hydrogen-bond acceptors (Lipinski definition) is 5. The molecule has 0 aliphatic rings. The second-order valence-electron chi connectivity index (χ2n) is 7.87. The fraction of sp³-hybridized carbons (Fsp3) is 0.385. The first-order chi connectivity index (χ1) is 15.8. The van der Waals surface area contributed by atoms with Gasteiger partial charge in [-0.05, 0) is 48.6 Å². The van der Waals surface area contributed by atoms with Gasteiger partial charge in [-0.1, -0.05) is 37.3 Å². The van der Waals surface area contributed by atoms with E-state index in [1.165, 1.54) is 7.11 Å². The van der Waals surface area contributed by atoms with Gasteiger partial charge in [-0.3, -0.25) is 4.79 Å². The Balaban J connectivity index is 2.05. The van der Waals surface area contributed by atoms with Gasteiger partial charge in [0, 0.05) is 12.8 Å². The van der Waals surface area contributed by atoms with Gasteiger partial charge in [0.2, 0.25) is 5.69 Å². The maximum Gasteiger partial charge on any atom is 0.407 e. The summed E-state index contributed by atoms with van der Waals surface area (Å²) in [6.45, 7) is 12.8.